The molecule has 0 spiro atoms. The van der Waals surface area contributed by atoms with Crippen molar-refractivity contribution >= 4 is 5.97 Å². The van der Waals surface area contributed by atoms with E-state index in [0.29, 0.717) is 12.6 Å². The Hall–Kier alpha value is -1.29. The molecule has 0 aliphatic rings. The van der Waals surface area contributed by atoms with Crippen LogP contribution in [0.25, 0.3) is 0 Å². The molecular weight excluding hydrogens is 194 g/mol. The monoisotopic (exact) mass is 211 g/mol. The molecule has 0 saturated carbocycles. The molecule has 0 unspecified atom stereocenters. The van der Waals surface area contributed by atoms with Gasteiger partial charge in [0.2, 0.25) is 5.76 Å². The number of aromatic carboxylic acids is 1. The summed E-state index contributed by atoms with van der Waals surface area (Å²) in [6.07, 6.45) is 1.42. The van der Waals surface area contributed by atoms with Gasteiger partial charge in [-0.2, -0.15) is 0 Å². The third kappa shape index (κ3) is 2.83. The summed E-state index contributed by atoms with van der Waals surface area (Å²) in [7, 11) is 0. The molecule has 84 valence electrons. The Balaban J connectivity index is 2.79. The summed E-state index contributed by atoms with van der Waals surface area (Å²) in [4.78, 5) is 13.0. The van der Waals surface area contributed by atoms with Crippen molar-refractivity contribution in [3.63, 3.8) is 0 Å². The van der Waals surface area contributed by atoms with E-state index in [-0.39, 0.29) is 5.76 Å². The van der Waals surface area contributed by atoms with Gasteiger partial charge in [0.25, 0.3) is 0 Å². The first-order chi connectivity index (χ1) is 7.06. The van der Waals surface area contributed by atoms with Gasteiger partial charge in [-0.25, -0.2) is 4.79 Å². The Kier molecular flexibility index (Phi) is 3.91. The highest BCUT2D eigenvalue weighted by molar-refractivity contribution is 5.86. The number of nitrogens with zero attached hydrogens (tertiary/aromatic N) is 1. The Bertz CT molecular complexity index is 330. The maximum atomic E-state index is 10.8. The van der Waals surface area contributed by atoms with Crippen LogP contribution in [0.4, 0.5) is 0 Å². The minimum atomic E-state index is -1.00. The van der Waals surface area contributed by atoms with Crippen LogP contribution < -0.4 is 0 Å². The minimum Gasteiger partial charge on any atom is -0.475 e. The molecule has 4 nitrogen and oxygen atoms in total. The molecule has 0 fully saturated rings. The van der Waals surface area contributed by atoms with Gasteiger partial charge in [0.05, 0.1) is 6.26 Å². The molecule has 1 aromatic rings. The molecule has 0 aliphatic carbocycles. The van der Waals surface area contributed by atoms with Crippen molar-refractivity contribution in [1.29, 1.82) is 0 Å². The number of hydrogen-bond acceptors (Lipinski definition) is 3. The normalized spacial score (nSPS) is 11.3. The highest BCUT2D eigenvalue weighted by Gasteiger charge is 2.17. The van der Waals surface area contributed by atoms with Gasteiger partial charge in [-0.15, -0.1) is 0 Å². The maximum Gasteiger partial charge on any atom is 0.372 e. The third-order valence-corrected chi connectivity index (χ3v) is 2.45. The Morgan fingerprint density at radius 3 is 2.73 bits per heavy atom. The Labute approximate surface area is 89.5 Å². The van der Waals surface area contributed by atoms with Crippen molar-refractivity contribution in [2.75, 3.05) is 6.54 Å². The molecule has 15 heavy (non-hydrogen) atoms. The van der Waals surface area contributed by atoms with E-state index in [0.717, 1.165) is 12.1 Å². The first-order valence-corrected chi connectivity index (χ1v) is 5.10. The van der Waals surface area contributed by atoms with Gasteiger partial charge in [-0.3, -0.25) is 4.90 Å². The second kappa shape index (κ2) is 4.98. The number of rotatable bonds is 5. The second-order valence-corrected chi connectivity index (χ2v) is 3.74. The summed E-state index contributed by atoms with van der Waals surface area (Å²) in [5, 5.41) is 8.87. The zero-order valence-electron chi connectivity index (χ0n) is 9.36. The smallest absolute Gasteiger partial charge is 0.372 e. The van der Waals surface area contributed by atoms with E-state index in [4.69, 9.17) is 9.52 Å². The number of carboxylic acid groups (broad SMARTS) is 1. The van der Waals surface area contributed by atoms with Crippen LogP contribution in [0.2, 0.25) is 0 Å². The molecule has 1 heterocycles. The fraction of sp³-hybridized carbons (Fsp3) is 0.545. The van der Waals surface area contributed by atoms with Crippen LogP contribution >= 0.6 is 0 Å². The van der Waals surface area contributed by atoms with Crippen LogP contribution in [0.5, 0.6) is 0 Å². The first-order valence-electron chi connectivity index (χ1n) is 5.10. The van der Waals surface area contributed by atoms with Gasteiger partial charge in [0.15, 0.2) is 0 Å². The van der Waals surface area contributed by atoms with Gasteiger partial charge in [0.1, 0.15) is 0 Å². The lowest BCUT2D eigenvalue weighted by atomic mass is 10.2. The molecule has 1 rings (SSSR count). The topological polar surface area (TPSA) is 53.7 Å². The molecule has 1 aromatic heterocycles. The molecule has 0 atom stereocenters. The van der Waals surface area contributed by atoms with E-state index >= 15 is 0 Å². The molecular formula is C11H17NO3. The average molecular weight is 211 g/mol. The van der Waals surface area contributed by atoms with Crippen LogP contribution in [-0.4, -0.2) is 28.6 Å². The van der Waals surface area contributed by atoms with E-state index < -0.39 is 5.97 Å². The molecule has 0 amide bonds. The van der Waals surface area contributed by atoms with E-state index in [2.05, 4.69) is 25.7 Å². The lowest BCUT2D eigenvalue weighted by Gasteiger charge is -2.24. The SMILES string of the molecule is CCN(Cc1ccoc1C(=O)O)C(C)C. The largest absolute Gasteiger partial charge is 0.475 e. The van der Waals surface area contributed by atoms with Crippen molar-refractivity contribution < 1.29 is 14.3 Å². The van der Waals surface area contributed by atoms with Gasteiger partial charge in [-0.05, 0) is 26.5 Å². The number of furan rings is 1. The minimum absolute atomic E-state index is 0.0501. The standard InChI is InChI=1S/C11H17NO3/c1-4-12(8(2)3)7-9-5-6-15-10(9)11(13)14/h5-6,8H,4,7H2,1-3H3,(H,13,14). The van der Waals surface area contributed by atoms with Gasteiger partial charge in [0, 0.05) is 18.2 Å². The van der Waals surface area contributed by atoms with Crippen molar-refractivity contribution in [1.82, 2.24) is 4.90 Å². The van der Waals surface area contributed by atoms with Crippen LogP contribution in [-0.2, 0) is 6.54 Å². The average Bonchev–Trinajstić information content (AvgIpc) is 2.61. The number of carbonyl (C=O) groups is 1. The van der Waals surface area contributed by atoms with Crippen molar-refractivity contribution in [2.45, 2.75) is 33.4 Å². The summed E-state index contributed by atoms with van der Waals surface area (Å²) in [6, 6.07) is 2.11. The van der Waals surface area contributed by atoms with Crippen LogP contribution in [0.3, 0.4) is 0 Å². The zero-order valence-corrected chi connectivity index (χ0v) is 9.36. The second-order valence-electron chi connectivity index (χ2n) is 3.74. The van der Waals surface area contributed by atoms with Crippen molar-refractivity contribution in [2.24, 2.45) is 0 Å². The lowest BCUT2D eigenvalue weighted by molar-refractivity contribution is 0.0658. The van der Waals surface area contributed by atoms with Crippen LogP contribution in [0.1, 0.15) is 36.9 Å². The first kappa shape index (κ1) is 11.8. The quantitative estimate of drug-likeness (QED) is 0.811. The maximum absolute atomic E-state index is 10.8. The predicted molar refractivity (Wildman–Crippen MR) is 56.9 cm³/mol. The van der Waals surface area contributed by atoms with Crippen molar-refractivity contribution in [3.05, 3.63) is 23.7 Å². The number of carboxylic acids is 1. The predicted octanol–water partition coefficient (Wildman–Crippen LogP) is 2.21. The summed E-state index contributed by atoms with van der Waals surface area (Å²) >= 11 is 0. The summed E-state index contributed by atoms with van der Waals surface area (Å²) < 4.78 is 4.92. The Morgan fingerprint density at radius 2 is 2.27 bits per heavy atom. The molecule has 0 bridgehead atoms. The van der Waals surface area contributed by atoms with Crippen LogP contribution in [0, 0.1) is 0 Å². The highest BCUT2D eigenvalue weighted by atomic mass is 16.4. The van der Waals surface area contributed by atoms with E-state index in [1.54, 1.807) is 6.07 Å². The van der Waals surface area contributed by atoms with E-state index in [1.165, 1.54) is 6.26 Å². The lowest BCUT2D eigenvalue weighted by Crippen LogP contribution is -2.30. The molecule has 1 N–H and O–H groups in total. The summed E-state index contributed by atoms with van der Waals surface area (Å²) in [6.45, 7) is 7.74. The molecule has 0 aromatic carbocycles. The van der Waals surface area contributed by atoms with Gasteiger partial charge in [-0.1, -0.05) is 6.92 Å². The fourth-order valence-electron chi connectivity index (χ4n) is 1.53. The summed E-state index contributed by atoms with van der Waals surface area (Å²) in [5.41, 5.74) is 0.734. The molecule has 4 heteroatoms. The highest BCUT2D eigenvalue weighted by Crippen LogP contribution is 2.14. The van der Waals surface area contributed by atoms with Crippen LogP contribution in [0.15, 0.2) is 16.7 Å². The molecule has 0 radical (unpaired) electrons. The molecule has 0 saturated heterocycles. The van der Waals surface area contributed by atoms with E-state index in [1.807, 2.05) is 0 Å². The molecule has 0 aliphatic heterocycles. The third-order valence-electron chi connectivity index (χ3n) is 2.45. The Morgan fingerprint density at radius 1 is 1.60 bits per heavy atom. The fourth-order valence-corrected chi connectivity index (χ4v) is 1.53. The van der Waals surface area contributed by atoms with Gasteiger partial charge >= 0.3 is 5.97 Å². The van der Waals surface area contributed by atoms with Crippen molar-refractivity contribution in [3.8, 4) is 0 Å². The number of hydrogen-bond donors (Lipinski definition) is 1. The van der Waals surface area contributed by atoms with E-state index in [9.17, 15) is 4.79 Å². The summed E-state index contributed by atoms with van der Waals surface area (Å²) in [5.74, 6) is -0.955. The zero-order chi connectivity index (χ0) is 11.4. The van der Waals surface area contributed by atoms with Gasteiger partial charge < -0.3 is 9.52 Å².